The fraction of sp³-hybridized carbons (Fsp3) is 0.364. The van der Waals surface area contributed by atoms with Gasteiger partial charge in [-0.25, -0.2) is 0 Å². The molecule has 0 fully saturated rings. The second-order valence-electron chi connectivity index (χ2n) is 7.15. The Morgan fingerprint density at radius 2 is 1.79 bits per heavy atom. The molecule has 2 aromatic rings. The summed E-state index contributed by atoms with van der Waals surface area (Å²) in [6.45, 7) is 2.68. The molecule has 0 saturated heterocycles. The van der Waals surface area contributed by atoms with Crippen molar-refractivity contribution in [2.75, 3.05) is 32.6 Å². The van der Waals surface area contributed by atoms with E-state index in [2.05, 4.69) is 5.32 Å². The van der Waals surface area contributed by atoms with Gasteiger partial charge in [0.05, 0.1) is 27.2 Å². The molecule has 0 radical (unpaired) electrons. The highest BCUT2D eigenvalue weighted by molar-refractivity contribution is 5.92. The van der Waals surface area contributed by atoms with Crippen LogP contribution < -0.4 is 14.8 Å². The number of aliphatic carboxylic acids is 1. The summed E-state index contributed by atoms with van der Waals surface area (Å²) < 4.78 is 10.8. The van der Waals surface area contributed by atoms with Crippen LogP contribution >= 0.6 is 0 Å². The SMILES string of the molecule is COc1cc2c(cc1OC)C(CC(=O)O)N(CC(=O)Nc1ccc(C)cc1)CC2. The van der Waals surface area contributed by atoms with E-state index in [1.807, 2.05) is 48.2 Å². The molecule has 0 aromatic heterocycles. The van der Waals surface area contributed by atoms with Crippen molar-refractivity contribution in [1.82, 2.24) is 4.90 Å². The van der Waals surface area contributed by atoms with Crippen molar-refractivity contribution in [2.24, 2.45) is 0 Å². The molecule has 29 heavy (non-hydrogen) atoms. The van der Waals surface area contributed by atoms with E-state index in [-0.39, 0.29) is 18.9 Å². The van der Waals surface area contributed by atoms with E-state index < -0.39 is 12.0 Å². The van der Waals surface area contributed by atoms with Crippen LogP contribution in [0, 0.1) is 6.92 Å². The molecule has 0 aliphatic carbocycles. The van der Waals surface area contributed by atoms with Gasteiger partial charge in [-0.1, -0.05) is 17.7 Å². The highest BCUT2D eigenvalue weighted by atomic mass is 16.5. The van der Waals surface area contributed by atoms with E-state index >= 15 is 0 Å². The van der Waals surface area contributed by atoms with Gasteiger partial charge < -0.3 is 19.9 Å². The molecule has 1 aliphatic rings. The summed E-state index contributed by atoms with van der Waals surface area (Å²) in [6.07, 6.45) is 0.601. The van der Waals surface area contributed by atoms with Crippen molar-refractivity contribution < 1.29 is 24.2 Å². The minimum absolute atomic E-state index is 0.0969. The molecule has 0 saturated carbocycles. The van der Waals surface area contributed by atoms with Crippen molar-refractivity contribution >= 4 is 17.6 Å². The number of amides is 1. The molecule has 0 bridgehead atoms. The van der Waals surface area contributed by atoms with Crippen LogP contribution in [0.3, 0.4) is 0 Å². The Morgan fingerprint density at radius 1 is 1.14 bits per heavy atom. The number of carboxylic acids is 1. The number of carbonyl (C=O) groups is 2. The summed E-state index contributed by atoms with van der Waals surface area (Å²) in [5.41, 5.74) is 3.71. The Balaban J connectivity index is 1.82. The van der Waals surface area contributed by atoms with Crippen LogP contribution in [0.1, 0.15) is 29.2 Å². The molecule has 2 aromatic carbocycles. The smallest absolute Gasteiger partial charge is 0.305 e. The van der Waals surface area contributed by atoms with Crippen molar-refractivity contribution in [3.63, 3.8) is 0 Å². The summed E-state index contributed by atoms with van der Waals surface area (Å²) in [5, 5.41) is 12.3. The number of anilines is 1. The third kappa shape index (κ3) is 4.86. The van der Waals surface area contributed by atoms with E-state index in [0.717, 1.165) is 22.4 Å². The Labute approximate surface area is 170 Å². The van der Waals surface area contributed by atoms with Gasteiger partial charge in [-0.15, -0.1) is 0 Å². The first-order valence-electron chi connectivity index (χ1n) is 9.48. The van der Waals surface area contributed by atoms with Crippen LogP contribution in [-0.2, 0) is 16.0 Å². The number of carboxylic acid groups (broad SMARTS) is 1. The molecule has 1 unspecified atom stereocenters. The van der Waals surface area contributed by atoms with Crippen molar-refractivity contribution in [3.05, 3.63) is 53.1 Å². The van der Waals surface area contributed by atoms with Gasteiger partial charge in [0.25, 0.3) is 0 Å². The van der Waals surface area contributed by atoms with Crippen LogP contribution in [0.25, 0.3) is 0 Å². The van der Waals surface area contributed by atoms with Gasteiger partial charge in [0.15, 0.2) is 11.5 Å². The summed E-state index contributed by atoms with van der Waals surface area (Å²) in [4.78, 5) is 26.0. The van der Waals surface area contributed by atoms with Gasteiger partial charge in [-0.05, 0) is 48.7 Å². The number of aryl methyl sites for hydroxylation is 1. The quantitative estimate of drug-likeness (QED) is 0.745. The zero-order valence-electron chi connectivity index (χ0n) is 16.9. The summed E-state index contributed by atoms with van der Waals surface area (Å²) in [5.74, 6) is 0.0771. The molecule has 7 heteroatoms. The fourth-order valence-corrected chi connectivity index (χ4v) is 3.70. The molecule has 3 rings (SSSR count). The van der Waals surface area contributed by atoms with Crippen molar-refractivity contribution in [3.8, 4) is 11.5 Å². The monoisotopic (exact) mass is 398 g/mol. The first kappa shape index (κ1) is 20.7. The summed E-state index contributed by atoms with van der Waals surface area (Å²) in [6, 6.07) is 10.9. The number of ether oxygens (including phenoxy) is 2. The zero-order chi connectivity index (χ0) is 21.0. The molecule has 1 amide bonds. The molecule has 2 N–H and O–H groups in total. The van der Waals surface area contributed by atoms with Gasteiger partial charge in [0, 0.05) is 18.3 Å². The van der Waals surface area contributed by atoms with Crippen molar-refractivity contribution in [1.29, 1.82) is 0 Å². The lowest BCUT2D eigenvalue weighted by Crippen LogP contribution is -2.41. The minimum atomic E-state index is -0.915. The molecular formula is C22H26N2O5. The maximum absolute atomic E-state index is 12.6. The number of benzene rings is 2. The molecule has 1 heterocycles. The minimum Gasteiger partial charge on any atom is -0.493 e. The number of hydrogen-bond acceptors (Lipinski definition) is 5. The van der Waals surface area contributed by atoms with E-state index in [4.69, 9.17) is 9.47 Å². The average Bonchev–Trinajstić information content (AvgIpc) is 2.70. The number of fused-ring (bicyclic) bond motifs is 1. The van der Waals surface area contributed by atoms with Crippen LogP contribution in [0.4, 0.5) is 5.69 Å². The number of nitrogens with one attached hydrogen (secondary N) is 1. The molecule has 1 aliphatic heterocycles. The lowest BCUT2D eigenvalue weighted by Gasteiger charge is -2.36. The largest absolute Gasteiger partial charge is 0.493 e. The molecule has 154 valence electrons. The molecule has 0 spiro atoms. The number of rotatable bonds is 7. The summed E-state index contributed by atoms with van der Waals surface area (Å²) >= 11 is 0. The normalized spacial score (nSPS) is 16.0. The number of carbonyl (C=O) groups excluding carboxylic acids is 1. The third-order valence-electron chi connectivity index (χ3n) is 5.16. The average molecular weight is 398 g/mol. The van der Waals surface area contributed by atoms with E-state index in [9.17, 15) is 14.7 Å². The lowest BCUT2D eigenvalue weighted by atomic mass is 9.90. The van der Waals surface area contributed by atoms with Gasteiger partial charge in [0.2, 0.25) is 5.91 Å². The predicted octanol–water partition coefficient (Wildman–Crippen LogP) is 3.02. The van der Waals surface area contributed by atoms with E-state index in [1.54, 1.807) is 14.2 Å². The molecular weight excluding hydrogens is 372 g/mol. The highest BCUT2D eigenvalue weighted by Crippen LogP contribution is 2.39. The van der Waals surface area contributed by atoms with Gasteiger partial charge in [-0.3, -0.25) is 14.5 Å². The Kier molecular flexibility index (Phi) is 6.39. The van der Waals surface area contributed by atoms with Crippen LogP contribution in [-0.4, -0.2) is 49.2 Å². The second-order valence-corrected chi connectivity index (χ2v) is 7.15. The van der Waals surface area contributed by atoms with E-state index in [0.29, 0.717) is 24.5 Å². The fourth-order valence-electron chi connectivity index (χ4n) is 3.70. The number of hydrogen-bond donors (Lipinski definition) is 2. The van der Waals surface area contributed by atoms with Crippen molar-refractivity contribution in [2.45, 2.75) is 25.8 Å². The zero-order valence-corrected chi connectivity index (χ0v) is 16.9. The Morgan fingerprint density at radius 3 is 2.41 bits per heavy atom. The second kappa shape index (κ2) is 8.96. The van der Waals surface area contributed by atoms with Gasteiger partial charge in [0.1, 0.15) is 0 Å². The number of nitrogens with zero attached hydrogens (tertiary/aromatic N) is 1. The first-order valence-corrected chi connectivity index (χ1v) is 9.48. The lowest BCUT2D eigenvalue weighted by molar-refractivity contribution is -0.139. The highest BCUT2D eigenvalue weighted by Gasteiger charge is 2.31. The standard InChI is InChI=1S/C22H26N2O5/c1-14-4-6-16(7-5-14)23-21(25)13-24-9-8-15-10-19(28-2)20(29-3)11-17(15)18(24)12-22(26)27/h4-7,10-11,18H,8-9,12-13H2,1-3H3,(H,23,25)(H,26,27). The first-order chi connectivity index (χ1) is 13.9. The number of methoxy groups -OCH3 is 2. The van der Waals surface area contributed by atoms with Gasteiger partial charge >= 0.3 is 5.97 Å². The maximum Gasteiger partial charge on any atom is 0.305 e. The topological polar surface area (TPSA) is 88.1 Å². The Hall–Kier alpha value is -3.06. The third-order valence-corrected chi connectivity index (χ3v) is 5.16. The van der Waals surface area contributed by atoms with Crippen LogP contribution in [0.15, 0.2) is 36.4 Å². The van der Waals surface area contributed by atoms with Crippen LogP contribution in [0.5, 0.6) is 11.5 Å². The van der Waals surface area contributed by atoms with Gasteiger partial charge in [-0.2, -0.15) is 0 Å². The maximum atomic E-state index is 12.6. The van der Waals surface area contributed by atoms with E-state index in [1.165, 1.54) is 0 Å². The predicted molar refractivity (Wildman–Crippen MR) is 110 cm³/mol. The molecule has 7 nitrogen and oxygen atoms in total. The molecule has 1 atom stereocenters. The Bertz CT molecular complexity index is 895. The van der Waals surface area contributed by atoms with Crippen LogP contribution in [0.2, 0.25) is 0 Å². The summed E-state index contributed by atoms with van der Waals surface area (Å²) in [7, 11) is 3.12.